The van der Waals surface area contributed by atoms with Crippen LogP contribution in [0.15, 0.2) is 30.3 Å². The van der Waals surface area contributed by atoms with Crippen molar-refractivity contribution in [2.24, 2.45) is 11.8 Å². The Morgan fingerprint density at radius 2 is 1.65 bits per heavy atom. The number of likely N-dealkylation sites (tertiary alicyclic amines) is 1. The maximum Gasteiger partial charge on any atom is 0.243 e. The number of rotatable bonds is 25. The summed E-state index contributed by atoms with van der Waals surface area (Å²) in [6, 6.07) is 8.15. The van der Waals surface area contributed by atoms with Crippen LogP contribution in [0.3, 0.4) is 0 Å². The minimum absolute atomic E-state index is 0.0189. The number of hydrogen-bond donors (Lipinski definition) is 2. The Bertz CT molecular complexity index is 1280. The Kier molecular flexibility index (Phi) is 20.7. The molecule has 0 bridgehead atoms. The van der Waals surface area contributed by atoms with Crippen LogP contribution in [0.4, 0.5) is 0 Å². The third-order valence-electron chi connectivity index (χ3n) is 10.4. The fourth-order valence-corrected chi connectivity index (χ4v) is 7.13. The highest BCUT2D eigenvalue weighted by atomic mass is 16.5. The molecule has 4 amide bonds. The number of ether oxygens (including phenoxy) is 4. The maximum atomic E-state index is 14.0. The van der Waals surface area contributed by atoms with Crippen molar-refractivity contribution in [3.63, 3.8) is 0 Å². The SMILES string of the molecule is CCC(C)C(C(CC(=O)N1CCCC1C(CC(=O)NC(Cc1ccccc1)C(=O)NCCOC(C)(C)CCOC(C)C)OC)OC)N(C)C(=O)CC(C)C. The Hall–Kier alpha value is -3.06. The lowest BCUT2D eigenvalue weighted by molar-refractivity contribution is -0.145. The van der Waals surface area contributed by atoms with Crippen LogP contribution in [-0.4, -0.2) is 123 Å². The third-order valence-corrected chi connectivity index (χ3v) is 10.4. The minimum atomic E-state index is -0.818. The molecule has 1 saturated heterocycles. The number of methoxy groups -OCH3 is 2. The van der Waals surface area contributed by atoms with Gasteiger partial charge in [-0.15, -0.1) is 0 Å². The number of nitrogens with one attached hydrogen (secondary N) is 2. The van der Waals surface area contributed by atoms with E-state index < -0.39 is 23.9 Å². The summed E-state index contributed by atoms with van der Waals surface area (Å²) >= 11 is 0. The van der Waals surface area contributed by atoms with Crippen LogP contribution in [0, 0.1) is 11.8 Å². The first kappa shape index (κ1) is 47.1. The van der Waals surface area contributed by atoms with E-state index in [2.05, 4.69) is 24.5 Å². The summed E-state index contributed by atoms with van der Waals surface area (Å²) in [7, 11) is 4.95. The van der Waals surface area contributed by atoms with Crippen LogP contribution in [-0.2, 0) is 44.5 Å². The average Bonchev–Trinajstić information content (AvgIpc) is 3.61. The van der Waals surface area contributed by atoms with E-state index >= 15 is 0 Å². The molecule has 0 spiro atoms. The first-order valence-electron chi connectivity index (χ1n) is 20.0. The smallest absolute Gasteiger partial charge is 0.243 e. The van der Waals surface area contributed by atoms with Crippen LogP contribution in [0.25, 0.3) is 0 Å². The van der Waals surface area contributed by atoms with E-state index in [1.54, 1.807) is 19.1 Å². The number of carbonyl (C=O) groups is 4. The quantitative estimate of drug-likeness (QED) is 0.131. The standard InChI is InChI=1S/C42H72N4O8/c1-12-31(6)40(45(9)38(48)25-29(2)3)36(52-11)28-39(49)46-22-16-19-34(46)35(51-10)27-37(47)44-33(26-32-17-14-13-15-18-32)41(50)43-21-24-54-42(7,8)20-23-53-30(4)5/h13-15,17-18,29-31,33-36,40H,12,16,19-28H2,1-11H3,(H,43,50)(H,44,47). The molecule has 2 rings (SSSR count). The van der Waals surface area contributed by atoms with Crippen molar-refractivity contribution in [1.29, 1.82) is 0 Å². The minimum Gasteiger partial charge on any atom is -0.379 e. The molecule has 0 aromatic heterocycles. The number of benzene rings is 1. The molecule has 1 aliphatic rings. The van der Waals surface area contributed by atoms with E-state index in [-0.39, 0.29) is 73.0 Å². The Balaban J connectivity index is 2.11. The Morgan fingerprint density at radius 3 is 2.24 bits per heavy atom. The predicted octanol–water partition coefficient (Wildman–Crippen LogP) is 5.16. The second-order valence-electron chi connectivity index (χ2n) is 16.1. The van der Waals surface area contributed by atoms with E-state index in [1.165, 1.54) is 0 Å². The van der Waals surface area contributed by atoms with E-state index in [0.717, 1.165) is 24.8 Å². The summed E-state index contributed by atoms with van der Waals surface area (Å²) < 4.78 is 23.5. The van der Waals surface area contributed by atoms with Crippen molar-refractivity contribution in [3.8, 4) is 0 Å². The lowest BCUT2D eigenvalue weighted by Crippen LogP contribution is -2.53. The van der Waals surface area contributed by atoms with E-state index in [1.807, 2.05) is 83.8 Å². The van der Waals surface area contributed by atoms with Crippen molar-refractivity contribution >= 4 is 23.6 Å². The average molecular weight is 761 g/mol. The third kappa shape index (κ3) is 16.0. The van der Waals surface area contributed by atoms with Crippen molar-refractivity contribution in [1.82, 2.24) is 20.4 Å². The molecule has 0 aliphatic carbocycles. The lowest BCUT2D eigenvalue weighted by atomic mass is 9.90. The first-order chi connectivity index (χ1) is 25.5. The van der Waals surface area contributed by atoms with Crippen molar-refractivity contribution in [2.75, 3.05) is 47.6 Å². The highest BCUT2D eigenvalue weighted by Gasteiger charge is 2.40. The molecule has 12 nitrogen and oxygen atoms in total. The molecule has 1 fully saturated rings. The van der Waals surface area contributed by atoms with Crippen LogP contribution >= 0.6 is 0 Å². The van der Waals surface area contributed by atoms with Crippen LogP contribution in [0.2, 0.25) is 0 Å². The molecule has 6 unspecified atom stereocenters. The van der Waals surface area contributed by atoms with Gasteiger partial charge in [0.2, 0.25) is 23.6 Å². The molecule has 0 radical (unpaired) electrons. The van der Waals surface area contributed by atoms with Gasteiger partial charge in [-0.3, -0.25) is 19.2 Å². The van der Waals surface area contributed by atoms with Gasteiger partial charge in [0.25, 0.3) is 0 Å². The largest absolute Gasteiger partial charge is 0.379 e. The summed E-state index contributed by atoms with van der Waals surface area (Å²) in [6.07, 6.45) is 2.92. The van der Waals surface area contributed by atoms with Gasteiger partial charge in [-0.05, 0) is 64.4 Å². The number of amides is 4. The summed E-state index contributed by atoms with van der Waals surface area (Å²) in [5.74, 6) is -0.366. The fourth-order valence-electron chi connectivity index (χ4n) is 7.13. The highest BCUT2D eigenvalue weighted by molar-refractivity contribution is 5.88. The summed E-state index contributed by atoms with van der Waals surface area (Å²) in [5.41, 5.74) is 0.501. The molecule has 1 heterocycles. The number of likely N-dealkylation sites (N-methyl/N-ethyl adjacent to an activating group) is 1. The van der Waals surface area contributed by atoms with Gasteiger partial charge in [-0.25, -0.2) is 0 Å². The first-order valence-corrected chi connectivity index (χ1v) is 20.0. The Labute approximate surface area is 325 Å². The fraction of sp³-hybridized carbons (Fsp3) is 0.762. The van der Waals surface area contributed by atoms with Gasteiger partial charge in [-0.1, -0.05) is 64.4 Å². The van der Waals surface area contributed by atoms with E-state index in [0.29, 0.717) is 39.0 Å². The van der Waals surface area contributed by atoms with Gasteiger partial charge < -0.3 is 39.4 Å². The van der Waals surface area contributed by atoms with Crippen LogP contribution < -0.4 is 10.6 Å². The molecular formula is C42H72N4O8. The van der Waals surface area contributed by atoms with E-state index in [4.69, 9.17) is 18.9 Å². The van der Waals surface area contributed by atoms with Gasteiger partial charge in [-0.2, -0.15) is 0 Å². The molecular weight excluding hydrogens is 688 g/mol. The van der Waals surface area contributed by atoms with Gasteiger partial charge in [0, 0.05) is 53.8 Å². The molecule has 1 aromatic rings. The topological polar surface area (TPSA) is 136 Å². The summed E-state index contributed by atoms with van der Waals surface area (Å²) in [5, 5.41) is 5.89. The highest BCUT2D eigenvalue weighted by Crippen LogP contribution is 2.28. The van der Waals surface area contributed by atoms with Gasteiger partial charge in [0.15, 0.2) is 0 Å². The van der Waals surface area contributed by atoms with E-state index in [9.17, 15) is 19.2 Å². The van der Waals surface area contributed by atoms with Gasteiger partial charge >= 0.3 is 0 Å². The van der Waals surface area contributed by atoms with Crippen LogP contribution in [0.5, 0.6) is 0 Å². The molecule has 1 aromatic carbocycles. The van der Waals surface area contributed by atoms with Crippen molar-refractivity contribution in [2.45, 2.75) is 149 Å². The number of nitrogens with zero attached hydrogens (tertiary/aromatic N) is 2. The molecule has 308 valence electrons. The maximum absolute atomic E-state index is 14.0. The zero-order chi connectivity index (χ0) is 40.4. The molecule has 1 aliphatic heterocycles. The monoisotopic (exact) mass is 761 g/mol. The zero-order valence-electron chi connectivity index (χ0n) is 35.2. The number of hydrogen-bond acceptors (Lipinski definition) is 8. The Morgan fingerprint density at radius 1 is 0.963 bits per heavy atom. The molecule has 54 heavy (non-hydrogen) atoms. The molecule has 6 atom stereocenters. The lowest BCUT2D eigenvalue weighted by Gasteiger charge is -2.39. The second-order valence-corrected chi connectivity index (χ2v) is 16.1. The predicted molar refractivity (Wildman–Crippen MR) is 212 cm³/mol. The molecule has 2 N–H and O–H groups in total. The second kappa shape index (κ2) is 23.8. The summed E-state index contributed by atoms with van der Waals surface area (Å²) in [4.78, 5) is 57.8. The van der Waals surface area contributed by atoms with Gasteiger partial charge in [0.05, 0.1) is 55.4 Å². The normalized spacial score (nSPS) is 17.6. The zero-order valence-corrected chi connectivity index (χ0v) is 35.2. The van der Waals surface area contributed by atoms with Crippen molar-refractivity contribution < 1.29 is 38.1 Å². The number of carbonyl (C=O) groups excluding carboxylic acids is 4. The summed E-state index contributed by atoms with van der Waals surface area (Å²) in [6.45, 7) is 17.9. The van der Waals surface area contributed by atoms with Gasteiger partial charge in [0.1, 0.15) is 6.04 Å². The van der Waals surface area contributed by atoms with Crippen molar-refractivity contribution in [3.05, 3.63) is 35.9 Å². The molecule has 12 heteroatoms. The van der Waals surface area contributed by atoms with Crippen LogP contribution in [0.1, 0.15) is 106 Å². The molecule has 0 saturated carbocycles.